The molecule has 32 heavy (non-hydrogen) atoms. The number of pyridine rings is 1. The third-order valence-corrected chi connectivity index (χ3v) is 5.73. The summed E-state index contributed by atoms with van der Waals surface area (Å²) in [5.74, 6) is -4.35. The molecule has 10 heteroatoms. The van der Waals surface area contributed by atoms with Crippen molar-refractivity contribution in [3.8, 4) is 0 Å². The minimum Gasteiger partial charge on any atom is -0.390 e. The number of ether oxygens (including phenoxy) is 1. The number of hydrogen-bond donors (Lipinski definition) is 2. The van der Waals surface area contributed by atoms with E-state index >= 15 is 0 Å². The minimum atomic E-state index is -3.66. The van der Waals surface area contributed by atoms with Crippen LogP contribution >= 0.6 is 0 Å². The van der Waals surface area contributed by atoms with Crippen LogP contribution in [0.5, 0.6) is 0 Å². The van der Waals surface area contributed by atoms with Crippen molar-refractivity contribution in [2.75, 3.05) is 37.0 Å². The predicted molar refractivity (Wildman–Crippen MR) is 114 cm³/mol. The minimum absolute atomic E-state index is 0.0257. The lowest BCUT2D eigenvalue weighted by atomic mass is 10.0. The molecule has 1 aromatic carbocycles. The fourth-order valence-corrected chi connectivity index (χ4v) is 3.87. The van der Waals surface area contributed by atoms with Crippen molar-refractivity contribution >= 4 is 22.4 Å². The first-order valence-electron chi connectivity index (χ1n) is 10.2. The molecule has 0 amide bonds. The van der Waals surface area contributed by atoms with Crippen LogP contribution in [0, 0.1) is 12.7 Å². The van der Waals surface area contributed by atoms with E-state index in [0.717, 1.165) is 31.3 Å². The summed E-state index contributed by atoms with van der Waals surface area (Å²) in [6.45, 7) is 1.82. The Morgan fingerprint density at radius 3 is 2.84 bits per heavy atom. The number of hydrogen-bond acceptors (Lipinski definition) is 7. The normalized spacial score (nSPS) is 16.7. The SMILES string of the molecule is COC1CCN(c2cnc3c(C)nnc(NCc4cccc(C(F)(F)CO)c4F)c3c2)C1. The average Bonchev–Trinajstić information content (AvgIpc) is 3.28. The molecule has 0 bridgehead atoms. The first-order chi connectivity index (χ1) is 15.3. The molecule has 1 unspecified atom stereocenters. The van der Waals surface area contributed by atoms with Crippen LogP contribution in [0.4, 0.5) is 24.7 Å². The molecule has 3 aromatic rings. The number of nitrogens with one attached hydrogen (secondary N) is 1. The number of aliphatic hydroxyl groups excluding tert-OH is 1. The number of benzene rings is 1. The van der Waals surface area contributed by atoms with Crippen LogP contribution in [0.1, 0.15) is 23.2 Å². The van der Waals surface area contributed by atoms with Crippen molar-refractivity contribution in [3.05, 3.63) is 53.1 Å². The zero-order chi connectivity index (χ0) is 22.9. The summed E-state index contributed by atoms with van der Waals surface area (Å²) in [5.41, 5.74) is 1.38. The fourth-order valence-electron chi connectivity index (χ4n) is 3.87. The second-order valence-electron chi connectivity index (χ2n) is 7.81. The average molecular weight is 447 g/mol. The number of rotatable bonds is 7. The third kappa shape index (κ3) is 4.20. The van der Waals surface area contributed by atoms with Crippen LogP contribution in [0.2, 0.25) is 0 Å². The highest BCUT2D eigenvalue weighted by Gasteiger charge is 2.34. The number of methoxy groups -OCH3 is 1. The van der Waals surface area contributed by atoms with Gasteiger partial charge in [-0.15, -0.1) is 5.10 Å². The van der Waals surface area contributed by atoms with Crippen LogP contribution < -0.4 is 10.2 Å². The van der Waals surface area contributed by atoms with Gasteiger partial charge in [0.05, 0.1) is 34.8 Å². The summed E-state index contributed by atoms with van der Waals surface area (Å²) in [5, 5.41) is 20.9. The van der Waals surface area contributed by atoms with Crippen molar-refractivity contribution in [1.82, 2.24) is 15.2 Å². The topological polar surface area (TPSA) is 83.4 Å². The maximum absolute atomic E-state index is 14.7. The Balaban J connectivity index is 1.63. The summed E-state index contributed by atoms with van der Waals surface area (Å²) < 4.78 is 47.8. The Labute approximate surface area is 183 Å². The van der Waals surface area contributed by atoms with E-state index in [1.807, 2.05) is 6.07 Å². The van der Waals surface area contributed by atoms with E-state index in [1.54, 1.807) is 20.2 Å². The lowest BCUT2D eigenvalue weighted by molar-refractivity contribution is -0.0583. The highest BCUT2D eigenvalue weighted by Crippen LogP contribution is 2.32. The van der Waals surface area contributed by atoms with E-state index in [0.29, 0.717) is 22.4 Å². The summed E-state index contributed by atoms with van der Waals surface area (Å²) in [6, 6.07) is 5.64. The molecule has 1 fully saturated rings. The molecule has 170 valence electrons. The fraction of sp³-hybridized carbons (Fsp3) is 0.409. The Morgan fingerprint density at radius 2 is 2.12 bits per heavy atom. The molecule has 0 aliphatic carbocycles. The number of nitrogens with zero attached hydrogens (tertiary/aromatic N) is 4. The standard InChI is InChI=1S/C22H24F3N5O2/c1-13-20-17(8-15(10-26-20)30-7-6-16(11-30)32-2)21(29-28-13)27-9-14-4-3-5-18(19(14)23)22(24,25)12-31/h3-5,8,10,16,31H,6-7,9,11-12H2,1-2H3,(H,27,29). The molecule has 7 nitrogen and oxygen atoms in total. The molecule has 4 rings (SSSR count). The van der Waals surface area contributed by atoms with E-state index in [2.05, 4.69) is 25.4 Å². The first kappa shape index (κ1) is 22.2. The number of fused-ring (bicyclic) bond motifs is 1. The lowest BCUT2D eigenvalue weighted by Gasteiger charge is -2.19. The van der Waals surface area contributed by atoms with Gasteiger partial charge in [0.2, 0.25) is 0 Å². The van der Waals surface area contributed by atoms with Gasteiger partial charge in [-0.1, -0.05) is 12.1 Å². The van der Waals surface area contributed by atoms with Crippen molar-refractivity contribution < 1.29 is 23.0 Å². The number of aryl methyl sites for hydroxylation is 1. The van der Waals surface area contributed by atoms with Crippen LogP contribution in [-0.2, 0) is 17.2 Å². The van der Waals surface area contributed by atoms with Gasteiger partial charge in [-0.25, -0.2) is 4.39 Å². The van der Waals surface area contributed by atoms with Gasteiger partial charge in [0.15, 0.2) is 5.82 Å². The molecule has 1 aliphatic heterocycles. The van der Waals surface area contributed by atoms with Gasteiger partial charge in [-0.2, -0.15) is 13.9 Å². The van der Waals surface area contributed by atoms with Gasteiger partial charge in [0, 0.05) is 37.7 Å². The molecule has 0 radical (unpaired) electrons. The summed E-state index contributed by atoms with van der Waals surface area (Å²) in [6.07, 6.45) is 2.85. The van der Waals surface area contributed by atoms with E-state index in [1.165, 1.54) is 12.1 Å². The number of aromatic nitrogens is 3. The van der Waals surface area contributed by atoms with Crippen molar-refractivity contribution in [3.63, 3.8) is 0 Å². The van der Waals surface area contributed by atoms with Gasteiger partial charge >= 0.3 is 0 Å². The van der Waals surface area contributed by atoms with Crippen LogP contribution in [0.25, 0.3) is 10.9 Å². The highest BCUT2D eigenvalue weighted by atomic mass is 19.3. The number of alkyl halides is 2. The zero-order valence-corrected chi connectivity index (χ0v) is 17.8. The smallest absolute Gasteiger partial charge is 0.298 e. The zero-order valence-electron chi connectivity index (χ0n) is 17.8. The molecule has 2 aromatic heterocycles. The van der Waals surface area contributed by atoms with Gasteiger partial charge < -0.3 is 20.1 Å². The quantitative estimate of drug-likeness (QED) is 0.574. The largest absolute Gasteiger partial charge is 0.390 e. The van der Waals surface area contributed by atoms with Crippen molar-refractivity contribution in [1.29, 1.82) is 0 Å². The predicted octanol–water partition coefficient (Wildman–Crippen LogP) is 3.39. The van der Waals surface area contributed by atoms with Crippen LogP contribution in [-0.4, -0.2) is 53.2 Å². The third-order valence-electron chi connectivity index (χ3n) is 5.73. The molecule has 0 spiro atoms. The van der Waals surface area contributed by atoms with Crippen LogP contribution in [0.15, 0.2) is 30.5 Å². The second-order valence-corrected chi connectivity index (χ2v) is 7.81. The maximum atomic E-state index is 14.7. The van der Waals surface area contributed by atoms with Crippen molar-refractivity contribution in [2.24, 2.45) is 0 Å². The van der Waals surface area contributed by atoms with Gasteiger partial charge in [0.25, 0.3) is 5.92 Å². The Bertz CT molecular complexity index is 1130. The molecule has 0 saturated carbocycles. The van der Waals surface area contributed by atoms with E-state index in [4.69, 9.17) is 9.84 Å². The van der Waals surface area contributed by atoms with E-state index in [9.17, 15) is 13.2 Å². The van der Waals surface area contributed by atoms with Crippen molar-refractivity contribution in [2.45, 2.75) is 31.9 Å². The molecule has 1 saturated heterocycles. The molecule has 3 heterocycles. The molecule has 1 aliphatic rings. The molecular formula is C22H24F3N5O2. The van der Waals surface area contributed by atoms with Crippen LogP contribution in [0.3, 0.4) is 0 Å². The number of aliphatic hydroxyl groups is 1. The Hall–Kier alpha value is -2.98. The number of halogens is 3. The lowest BCUT2D eigenvalue weighted by Crippen LogP contribution is -2.22. The number of anilines is 2. The molecular weight excluding hydrogens is 423 g/mol. The molecule has 1 atom stereocenters. The summed E-state index contributed by atoms with van der Waals surface area (Å²) in [4.78, 5) is 6.71. The van der Waals surface area contributed by atoms with Gasteiger partial charge in [-0.3, -0.25) is 4.98 Å². The Morgan fingerprint density at radius 1 is 1.31 bits per heavy atom. The summed E-state index contributed by atoms with van der Waals surface area (Å²) >= 11 is 0. The second kappa shape index (κ2) is 8.87. The highest BCUT2D eigenvalue weighted by molar-refractivity contribution is 5.92. The van der Waals surface area contributed by atoms with Gasteiger partial charge in [-0.05, 0) is 25.5 Å². The van der Waals surface area contributed by atoms with E-state index < -0.39 is 23.9 Å². The monoisotopic (exact) mass is 447 g/mol. The van der Waals surface area contributed by atoms with E-state index in [-0.39, 0.29) is 18.2 Å². The maximum Gasteiger partial charge on any atom is 0.298 e. The first-order valence-corrected chi connectivity index (χ1v) is 10.2. The molecule has 2 N–H and O–H groups in total. The summed E-state index contributed by atoms with van der Waals surface area (Å²) in [7, 11) is 1.69. The van der Waals surface area contributed by atoms with Gasteiger partial charge in [0.1, 0.15) is 12.4 Å². The Kier molecular flexibility index (Phi) is 6.16.